The number of likely N-dealkylation sites (tertiary alicyclic amines) is 1. The highest BCUT2D eigenvalue weighted by Gasteiger charge is 2.38. The largest absolute Gasteiger partial charge is 0.322 e. The van der Waals surface area contributed by atoms with Crippen LogP contribution in [0.5, 0.6) is 0 Å². The molecule has 2 heterocycles. The summed E-state index contributed by atoms with van der Waals surface area (Å²) in [5.74, 6) is 0.117. The lowest BCUT2D eigenvalue weighted by Gasteiger charge is -2.35. The van der Waals surface area contributed by atoms with Crippen molar-refractivity contribution in [2.75, 3.05) is 52.6 Å². The first-order valence-electron chi connectivity index (χ1n) is 8.82. The number of carbonyl (C=O) groups is 1. The van der Waals surface area contributed by atoms with E-state index in [0.29, 0.717) is 49.3 Å². The lowest BCUT2D eigenvalue weighted by molar-refractivity contribution is 0.141. The Labute approximate surface area is 170 Å². The number of piperazine rings is 1. The van der Waals surface area contributed by atoms with Gasteiger partial charge in [0, 0.05) is 51.2 Å². The predicted molar refractivity (Wildman–Crippen MR) is 107 cm³/mol. The Morgan fingerprint density at radius 3 is 2.30 bits per heavy atom. The number of sulfonamides is 1. The van der Waals surface area contributed by atoms with Crippen molar-refractivity contribution in [2.24, 2.45) is 0 Å². The monoisotopic (exact) mass is 434 g/mol. The van der Waals surface area contributed by atoms with Crippen molar-refractivity contribution in [3.8, 4) is 0 Å². The van der Waals surface area contributed by atoms with E-state index in [1.54, 1.807) is 11.0 Å². The number of rotatable bonds is 3. The topological polar surface area (TPSA) is 73.0 Å². The van der Waals surface area contributed by atoms with Gasteiger partial charge in [0.05, 0.1) is 16.3 Å². The van der Waals surface area contributed by atoms with E-state index in [2.05, 4.69) is 5.32 Å². The van der Waals surface area contributed by atoms with Crippen molar-refractivity contribution < 1.29 is 13.2 Å². The fraction of sp³-hybridized carbons (Fsp3) is 0.588. The molecule has 2 aliphatic rings. The van der Waals surface area contributed by atoms with Crippen molar-refractivity contribution in [3.63, 3.8) is 0 Å². The molecule has 2 saturated heterocycles. The van der Waals surface area contributed by atoms with Gasteiger partial charge in [-0.1, -0.05) is 29.3 Å². The van der Waals surface area contributed by atoms with Crippen LogP contribution >= 0.6 is 23.2 Å². The van der Waals surface area contributed by atoms with Crippen LogP contribution in [0.3, 0.4) is 0 Å². The summed E-state index contributed by atoms with van der Waals surface area (Å²) in [6.45, 7) is 2.66. The van der Waals surface area contributed by atoms with E-state index < -0.39 is 10.0 Å². The number of likely N-dealkylation sites (N-methyl/N-ethyl adjacent to an activating group) is 1. The van der Waals surface area contributed by atoms with Crippen molar-refractivity contribution >= 4 is 39.3 Å². The van der Waals surface area contributed by atoms with Gasteiger partial charge in [-0.3, -0.25) is 0 Å². The quantitative estimate of drug-likeness (QED) is 0.784. The van der Waals surface area contributed by atoms with Gasteiger partial charge in [-0.05, 0) is 24.7 Å². The minimum absolute atomic E-state index is 0.0500. The van der Waals surface area contributed by atoms with Gasteiger partial charge in [-0.25, -0.2) is 13.2 Å². The summed E-state index contributed by atoms with van der Waals surface area (Å²) >= 11 is 12.2. The fourth-order valence-corrected chi connectivity index (χ4v) is 4.88. The van der Waals surface area contributed by atoms with Crippen LogP contribution in [0.1, 0.15) is 11.5 Å². The number of nitrogens with one attached hydrogen (secondary N) is 1. The Morgan fingerprint density at radius 1 is 1.07 bits per heavy atom. The normalized spacial score (nSPS) is 24.4. The zero-order valence-corrected chi connectivity index (χ0v) is 17.7. The van der Waals surface area contributed by atoms with E-state index in [4.69, 9.17) is 23.2 Å². The van der Waals surface area contributed by atoms with Crippen LogP contribution in [-0.2, 0) is 10.0 Å². The molecule has 2 atom stereocenters. The van der Waals surface area contributed by atoms with E-state index >= 15 is 0 Å². The van der Waals surface area contributed by atoms with E-state index in [9.17, 15) is 13.2 Å². The maximum absolute atomic E-state index is 12.9. The Bertz CT molecular complexity index is 812. The van der Waals surface area contributed by atoms with Gasteiger partial charge in [0.2, 0.25) is 10.0 Å². The second kappa shape index (κ2) is 8.13. The summed E-state index contributed by atoms with van der Waals surface area (Å²) in [6.07, 6.45) is 1.20. The van der Waals surface area contributed by atoms with Crippen LogP contribution in [-0.4, -0.2) is 87.2 Å². The molecule has 0 radical (unpaired) electrons. The van der Waals surface area contributed by atoms with Crippen LogP contribution < -0.4 is 5.32 Å². The molecule has 2 amide bonds. The molecule has 2 aliphatic heterocycles. The van der Waals surface area contributed by atoms with Crippen LogP contribution in [0.15, 0.2) is 18.2 Å². The molecular weight excluding hydrogens is 411 g/mol. The van der Waals surface area contributed by atoms with Gasteiger partial charge in [0.15, 0.2) is 0 Å². The molecule has 3 rings (SSSR count). The average molecular weight is 435 g/mol. The van der Waals surface area contributed by atoms with Crippen molar-refractivity contribution in [2.45, 2.75) is 12.0 Å². The van der Waals surface area contributed by atoms with Crippen LogP contribution in [0, 0.1) is 0 Å². The first kappa shape index (κ1) is 20.7. The number of benzene rings is 1. The number of carbonyl (C=O) groups excluding carboxylic acids is 1. The third-order valence-electron chi connectivity index (χ3n) is 5.31. The van der Waals surface area contributed by atoms with Gasteiger partial charge < -0.3 is 15.1 Å². The minimum Gasteiger partial charge on any atom is -0.322 e. The summed E-state index contributed by atoms with van der Waals surface area (Å²) in [4.78, 5) is 16.5. The average Bonchev–Trinajstić information content (AvgIpc) is 3.07. The number of hydrogen-bond acceptors (Lipinski definition) is 4. The van der Waals surface area contributed by atoms with Crippen LogP contribution in [0.4, 0.5) is 4.79 Å². The summed E-state index contributed by atoms with van der Waals surface area (Å²) < 4.78 is 24.7. The first-order chi connectivity index (χ1) is 12.7. The highest BCUT2D eigenvalue weighted by atomic mass is 35.5. The predicted octanol–water partition coefficient (Wildman–Crippen LogP) is 1.68. The molecule has 0 saturated carbocycles. The van der Waals surface area contributed by atoms with Gasteiger partial charge in [-0.2, -0.15) is 4.31 Å². The molecule has 10 heteroatoms. The van der Waals surface area contributed by atoms with Crippen molar-refractivity contribution in [3.05, 3.63) is 33.8 Å². The zero-order valence-electron chi connectivity index (χ0n) is 15.4. The summed E-state index contributed by atoms with van der Waals surface area (Å²) in [5, 5.41) is 4.30. The van der Waals surface area contributed by atoms with E-state index in [-0.39, 0.29) is 18.0 Å². The number of amides is 2. The van der Waals surface area contributed by atoms with Crippen LogP contribution in [0.25, 0.3) is 0 Å². The van der Waals surface area contributed by atoms with Gasteiger partial charge in [0.1, 0.15) is 0 Å². The summed E-state index contributed by atoms with van der Waals surface area (Å²) in [6, 6.07) is 5.65. The molecule has 0 bridgehead atoms. The van der Waals surface area contributed by atoms with Gasteiger partial charge in [0.25, 0.3) is 0 Å². The van der Waals surface area contributed by atoms with E-state index in [0.717, 1.165) is 5.56 Å². The molecule has 0 aliphatic carbocycles. The third kappa shape index (κ3) is 4.51. The molecule has 7 nitrogen and oxygen atoms in total. The molecule has 1 aromatic carbocycles. The number of nitrogens with zero attached hydrogens (tertiary/aromatic N) is 3. The SMILES string of the molecule is CN[C@H]1CN(C(=O)N2CCN(S(C)(=O)=O)CC2)C[C@@H]1c1ccc(Cl)c(Cl)c1. The molecule has 2 fully saturated rings. The molecule has 1 aromatic rings. The first-order valence-corrected chi connectivity index (χ1v) is 11.4. The van der Waals surface area contributed by atoms with Gasteiger partial charge in [-0.15, -0.1) is 0 Å². The second-order valence-corrected chi connectivity index (χ2v) is 9.81. The molecule has 0 spiro atoms. The second-order valence-electron chi connectivity index (χ2n) is 7.01. The lowest BCUT2D eigenvalue weighted by Crippen LogP contribution is -2.53. The van der Waals surface area contributed by atoms with Crippen LogP contribution in [0.2, 0.25) is 10.0 Å². The molecule has 0 unspecified atom stereocenters. The Balaban J connectivity index is 1.67. The molecule has 150 valence electrons. The van der Waals surface area contributed by atoms with E-state index in [1.807, 2.05) is 24.1 Å². The fourth-order valence-electron chi connectivity index (χ4n) is 3.74. The number of hydrogen-bond donors (Lipinski definition) is 1. The maximum atomic E-state index is 12.9. The Kier molecular flexibility index (Phi) is 6.22. The Morgan fingerprint density at radius 2 is 1.74 bits per heavy atom. The van der Waals surface area contributed by atoms with Crippen molar-refractivity contribution in [1.82, 2.24) is 19.4 Å². The summed E-state index contributed by atoms with van der Waals surface area (Å²) in [7, 11) is -1.33. The molecular formula is C17H24Cl2N4O3S. The highest BCUT2D eigenvalue weighted by molar-refractivity contribution is 7.88. The standard InChI is InChI=1S/C17H24Cl2N4O3S/c1-20-16-11-22(10-13(16)12-3-4-14(18)15(19)9-12)17(24)21-5-7-23(8-6-21)27(2,25)26/h3-4,9,13,16,20H,5-8,10-11H2,1-2H3/t13-,16+/m1/s1. The highest BCUT2D eigenvalue weighted by Crippen LogP contribution is 2.32. The minimum atomic E-state index is -3.21. The Hall–Kier alpha value is -1.06. The molecule has 0 aromatic heterocycles. The summed E-state index contributed by atoms with van der Waals surface area (Å²) in [5.41, 5.74) is 1.04. The maximum Gasteiger partial charge on any atom is 0.320 e. The van der Waals surface area contributed by atoms with Gasteiger partial charge >= 0.3 is 6.03 Å². The van der Waals surface area contributed by atoms with Crippen molar-refractivity contribution in [1.29, 1.82) is 0 Å². The number of urea groups is 1. The number of halogens is 2. The molecule has 1 N–H and O–H groups in total. The smallest absolute Gasteiger partial charge is 0.320 e. The third-order valence-corrected chi connectivity index (χ3v) is 7.35. The lowest BCUT2D eigenvalue weighted by atomic mass is 9.94. The van der Waals surface area contributed by atoms with E-state index in [1.165, 1.54) is 10.6 Å². The zero-order chi connectivity index (χ0) is 19.8. The molecule has 27 heavy (non-hydrogen) atoms.